The van der Waals surface area contributed by atoms with E-state index in [1.807, 2.05) is 0 Å². The lowest BCUT2D eigenvalue weighted by Crippen LogP contribution is -2.02. The zero-order chi connectivity index (χ0) is 5.86. The average molecular weight is 116 g/mol. The molecule has 0 aromatic heterocycles. The van der Waals surface area contributed by atoms with Crippen molar-refractivity contribution in [3.63, 3.8) is 0 Å². The molecular formula is C6H16Si. The molecular weight excluding hydrogens is 100 g/mol. The predicted molar refractivity (Wildman–Crippen MR) is 38.5 cm³/mol. The minimum absolute atomic E-state index is 0.228. The van der Waals surface area contributed by atoms with Crippen molar-refractivity contribution in [2.45, 2.75) is 33.0 Å². The normalized spacial score (nSPS) is 11.1. The van der Waals surface area contributed by atoms with E-state index in [1.165, 1.54) is 6.04 Å². The van der Waals surface area contributed by atoms with Crippen molar-refractivity contribution < 1.29 is 0 Å². The third kappa shape index (κ3) is 6.22. The largest absolute Gasteiger partial charge is 0.0722 e. The summed E-state index contributed by atoms with van der Waals surface area (Å²) in [6.07, 6.45) is 0. The van der Waals surface area contributed by atoms with Gasteiger partial charge < -0.3 is 0 Å². The van der Waals surface area contributed by atoms with E-state index in [4.69, 9.17) is 0 Å². The van der Waals surface area contributed by atoms with Gasteiger partial charge >= 0.3 is 0 Å². The summed E-state index contributed by atoms with van der Waals surface area (Å²) >= 11 is 0. The highest BCUT2D eigenvalue weighted by molar-refractivity contribution is 6.55. The first-order chi connectivity index (χ1) is 3.13. The number of hydrogen-bond acceptors (Lipinski definition) is 0. The van der Waals surface area contributed by atoms with E-state index in [1.54, 1.807) is 0 Å². The molecule has 0 radical (unpaired) electrons. The first-order valence-corrected chi connectivity index (χ1v) is 6.25. The highest BCUT2D eigenvalue weighted by Crippen LogP contribution is 2.03. The fraction of sp³-hybridized carbons (Fsp3) is 1.00. The van der Waals surface area contributed by atoms with E-state index in [0.717, 1.165) is 5.92 Å². The molecule has 0 bridgehead atoms. The third-order valence-corrected chi connectivity index (χ3v) is 2.83. The second-order valence-corrected chi connectivity index (χ2v) is 6.28. The SMILES string of the molecule is CC(C)C[SiH](C)C. The van der Waals surface area contributed by atoms with Crippen LogP contribution in [0.4, 0.5) is 0 Å². The second kappa shape index (κ2) is 3.25. The smallest absolute Gasteiger partial charge is 0.0308 e. The Bertz CT molecular complexity index is 33.4. The van der Waals surface area contributed by atoms with Crippen LogP contribution in [0.5, 0.6) is 0 Å². The Hall–Kier alpha value is 0.217. The summed E-state index contributed by atoms with van der Waals surface area (Å²) in [7, 11) is -0.228. The average Bonchev–Trinajstić information content (AvgIpc) is 1.27. The maximum atomic E-state index is 2.40. The summed E-state index contributed by atoms with van der Waals surface area (Å²) in [4.78, 5) is 0. The van der Waals surface area contributed by atoms with E-state index in [2.05, 4.69) is 26.9 Å². The molecule has 0 N–H and O–H groups in total. The van der Waals surface area contributed by atoms with E-state index < -0.39 is 0 Å². The predicted octanol–water partition coefficient (Wildman–Crippen LogP) is 2.13. The lowest BCUT2D eigenvalue weighted by molar-refractivity contribution is 0.727. The molecule has 0 aliphatic carbocycles. The highest BCUT2D eigenvalue weighted by Gasteiger charge is 1.97. The summed E-state index contributed by atoms with van der Waals surface area (Å²) in [5.41, 5.74) is 0. The minimum Gasteiger partial charge on any atom is -0.0722 e. The quantitative estimate of drug-likeness (QED) is 0.485. The molecule has 7 heavy (non-hydrogen) atoms. The van der Waals surface area contributed by atoms with Gasteiger partial charge in [0.25, 0.3) is 0 Å². The molecule has 0 aliphatic heterocycles. The summed E-state index contributed by atoms with van der Waals surface area (Å²) in [5.74, 6) is 0.937. The topological polar surface area (TPSA) is 0 Å². The zero-order valence-electron chi connectivity index (χ0n) is 5.86. The maximum absolute atomic E-state index is 2.40. The summed E-state index contributed by atoms with van der Waals surface area (Å²) in [6, 6.07) is 1.50. The highest BCUT2D eigenvalue weighted by atomic mass is 28.3. The Balaban J connectivity index is 2.95. The van der Waals surface area contributed by atoms with Gasteiger partial charge in [-0.05, 0) is 5.92 Å². The summed E-state index contributed by atoms with van der Waals surface area (Å²) < 4.78 is 0. The van der Waals surface area contributed by atoms with Gasteiger partial charge in [-0.25, -0.2) is 0 Å². The Labute approximate surface area is 48.5 Å². The number of rotatable bonds is 2. The van der Waals surface area contributed by atoms with E-state index in [9.17, 15) is 0 Å². The van der Waals surface area contributed by atoms with Gasteiger partial charge in [0.1, 0.15) is 0 Å². The van der Waals surface area contributed by atoms with Gasteiger partial charge in [0, 0.05) is 8.80 Å². The van der Waals surface area contributed by atoms with Crippen LogP contribution >= 0.6 is 0 Å². The molecule has 0 aliphatic rings. The van der Waals surface area contributed by atoms with Crippen LogP contribution in [0.3, 0.4) is 0 Å². The van der Waals surface area contributed by atoms with Crippen molar-refractivity contribution in [2.24, 2.45) is 5.92 Å². The van der Waals surface area contributed by atoms with Crippen molar-refractivity contribution >= 4 is 8.80 Å². The molecule has 0 aromatic carbocycles. The summed E-state index contributed by atoms with van der Waals surface area (Å²) in [5, 5.41) is 0. The molecule has 0 rings (SSSR count). The van der Waals surface area contributed by atoms with Crippen LogP contribution in [0, 0.1) is 5.92 Å². The molecule has 0 nitrogen and oxygen atoms in total. The zero-order valence-corrected chi connectivity index (χ0v) is 7.02. The molecule has 0 amide bonds. The Morgan fingerprint density at radius 3 is 1.71 bits per heavy atom. The lowest BCUT2D eigenvalue weighted by Gasteiger charge is -2.04. The van der Waals surface area contributed by atoms with Crippen LogP contribution in [0.15, 0.2) is 0 Å². The molecule has 0 saturated heterocycles. The van der Waals surface area contributed by atoms with Crippen LogP contribution in [0.25, 0.3) is 0 Å². The van der Waals surface area contributed by atoms with Crippen molar-refractivity contribution in [3.8, 4) is 0 Å². The van der Waals surface area contributed by atoms with Gasteiger partial charge in [-0.15, -0.1) is 0 Å². The first-order valence-electron chi connectivity index (χ1n) is 3.13. The van der Waals surface area contributed by atoms with E-state index in [-0.39, 0.29) is 8.80 Å². The monoisotopic (exact) mass is 116 g/mol. The lowest BCUT2D eigenvalue weighted by atomic mass is 10.3. The molecule has 44 valence electrons. The molecule has 0 unspecified atom stereocenters. The maximum Gasteiger partial charge on any atom is 0.0308 e. The van der Waals surface area contributed by atoms with Gasteiger partial charge in [0.15, 0.2) is 0 Å². The van der Waals surface area contributed by atoms with Gasteiger partial charge in [0.05, 0.1) is 0 Å². The molecule has 0 atom stereocenters. The van der Waals surface area contributed by atoms with Crippen molar-refractivity contribution in [1.82, 2.24) is 0 Å². The van der Waals surface area contributed by atoms with Crippen molar-refractivity contribution in [2.75, 3.05) is 0 Å². The second-order valence-electron chi connectivity index (χ2n) is 3.02. The first kappa shape index (κ1) is 7.22. The molecule has 0 saturated carbocycles. The van der Waals surface area contributed by atoms with Gasteiger partial charge in [0.2, 0.25) is 0 Å². The Kier molecular flexibility index (Phi) is 3.35. The Morgan fingerprint density at radius 1 is 1.29 bits per heavy atom. The summed E-state index contributed by atoms with van der Waals surface area (Å²) in [6.45, 7) is 9.40. The van der Waals surface area contributed by atoms with Crippen LogP contribution in [0.1, 0.15) is 13.8 Å². The van der Waals surface area contributed by atoms with Crippen LogP contribution in [-0.2, 0) is 0 Å². The molecule has 0 aromatic rings. The third-order valence-electron chi connectivity index (χ3n) is 0.943. The number of hydrogen-bond donors (Lipinski definition) is 0. The molecule has 0 heterocycles. The fourth-order valence-electron chi connectivity index (χ4n) is 0.943. The van der Waals surface area contributed by atoms with Crippen molar-refractivity contribution in [3.05, 3.63) is 0 Å². The minimum atomic E-state index is -0.228. The van der Waals surface area contributed by atoms with Gasteiger partial charge in [-0.3, -0.25) is 0 Å². The van der Waals surface area contributed by atoms with E-state index >= 15 is 0 Å². The molecule has 0 fully saturated rings. The molecule has 0 spiro atoms. The fourth-order valence-corrected chi connectivity index (χ4v) is 2.83. The van der Waals surface area contributed by atoms with Crippen LogP contribution < -0.4 is 0 Å². The van der Waals surface area contributed by atoms with Crippen molar-refractivity contribution in [1.29, 1.82) is 0 Å². The van der Waals surface area contributed by atoms with Gasteiger partial charge in [-0.1, -0.05) is 33.0 Å². The Morgan fingerprint density at radius 2 is 1.71 bits per heavy atom. The van der Waals surface area contributed by atoms with Crippen LogP contribution in [0.2, 0.25) is 19.1 Å². The van der Waals surface area contributed by atoms with E-state index in [0.29, 0.717) is 0 Å². The standard InChI is InChI=1S/C6H16Si/c1-6(2)5-7(3)4/h6-7H,5H2,1-4H3. The van der Waals surface area contributed by atoms with Gasteiger partial charge in [-0.2, -0.15) is 0 Å². The molecule has 1 heteroatoms. The van der Waals surface area contributed by atoms with Crippen LogP contribution in [-0.4, -0.2) is 8.80 Å².